The van der Waals surface area contributed by atoms with Gasteiger partial charge in [-0.3, -0.25) is 9.69 Å². The van der Waals surface area contributed by atoms with Crippen molar-refractivity contribution < 1.29 is 13.2 Å². The van der Waals surface area contributed by atoms with Crippen molar-refractivity contribution in [3.05, 3.63) is 12.7 Å². The zero-order chi connectivity index (χ0) is 15.3. The molecule has 7 heteroatoms. The Balaban J connectivity index is 1.87. The summed E-state index contributed by atoms with van der Waals surface area (Å²) in [6.07, 6.45) is 3.89. The molecular formula is C14H23N3O3S. The maximum absolute atomic E-state index is 12.7. The molecule has 0 N–H and O–H groups in total. The highest BCUT2D eigenvalue weighted by molar-refractivity contribution is 7.90. The molecule has 2 aliphatic heterocycles. The Morgan fingerprint density at radius 2 is 2.05 bits per heavy atom. The van der Waals surface area contributed by atoms with Crippen molar-refractivity contribution in [1.29, 1.82) is 0 Å². The number of hydrogen-bond donors (Lipinski definition) is 0. The van der Waals surface area contributed by atoms with Crippen LogP contribution in [0.25, 0.3) is 0 Å². The number of rotatable bonds is 4. The molecule has 0 bridgehead atoms. The monoisotopic (exact) mass is 313 g/mol. The van der Waals surface area contributed by atoms with Crippen LogP contribution in [-0.2, 0) is 14.8 Å². The molecule has 0 aromatic heterocycles. The van der Waals surface area contributed by atoms with Crippen LogP contribution < -0.4 is 0 Å². The third kappa shape index (κ3) is 2.31. The molecule has 0 unspecified atom stereocenters. The van der Waals surface area contributed by atoms with Gasteiger partial charge >= 0.3 is 0 Å². The van der Waals surface area contributed by atoms with Gasteiger partial charge in [-0.2, -0.15) is 4.31 Å². The summed E-state index contributed by atoms with van der Waals surface area (Å²) >= 11 is 0. The van der Waals surface area contributed by atoms with Crippen LogP contribution in [0.3, 0.4) is 0 Å². The van der Waals surface area contributed by atoms with E-state index in [1.807, 2.05) is 0 Å². The number of carbonyl (C=O) groups excluding carboxylic acids is 1. The molecule has 1 spiro atoms. The van der Waals surface area contributed by atoms with E-state index in [2.05, 4.69) is 11.5 Å². The molecular weight excluding hydrogens is 290 g/mol. The molecule has 2 heterocycles. The molecule has 3 fully saturated rings. The number of nitrogens with zero attached hydrogens (tertiary/aromatic N) is 3. The normalized spacial score (nSPS) is 32.0. The predicted molar refractivity (Wildman–Crippen MR) is 80.3 cm³/mol. The van der Waals surface area contributed by atoms with Crippen molar-refractivity contribution >= 4 is 15.9 Å². The van der Waals surface area contributed by atoms with Crippen LogP contribution in [-0.4, -0.2) is 79.0 Å². The van der Waals surface area contributed by atoms with Gasteiger partial charge in [-0.15, -0.1) is 6.58 Å². The van der Waals surface area contributed by atoms with Crippen LogP contribution in [0, 0.1) is 0 Å². The molecule has 1 amide bonds. The zero-order valence-electron chi connectivity index (χ0n) is 12.5. The quantitative estimate of drug-likeness (QED) is 0.679. The number of hydrogen-bond acceptors (Lipinski definition) is 4. The molecule has 118 valence electrons. The van der Waals surface area contributed by atoms with E-state index < -0.39 is 15.6 Å². The number of sulfonamides is 1. The Kier molecular flexibility index (Phi) is 3.62. The fourth-order valence-corrected chi connectivity index (χ4v) is 5.38. The Hall–Kier alpha value is -0.920. The lowest BCUT2D eigenvalue weighted by atomic mass is 9.91. The highest BCUT2D eigenvalue weighted by atomic mass is 32.2. The number of likely N-dealkylation sites (N-methyl/N-ethyl adjacent to an activating group) is 1. The van der Waals surface area contributed by atoms with Crippen molar-refractivity contribution in [2.75, 3.05) is 39.8 Å². The lowest BCUT2D eigenvalue weighted by Gasteiger charge is -2.46. The van der Waals surface area contributed by atoms with Gasteiger partial charge < -0.3 is 4.90 Å². The van der Waals surface area contributed by atoms with Gasteiger partial charge in [0.15, 0.2) is 0 Å². The second-order valence-electron chi connectivity index (χ2n) is 6.32. The number of carbonyl (C=O) groups is 1. The van der Waals surface area contributed by atoms with E-state index in [0.29, 0.717) is 32.6 Å². The van der Waals surface area contributed by atoms with Gasteiger partial charge in [0.25, 0.3) is 0 Å². The Morgan fingerprint density at radius 1 is 1.33 bits per heavy atom. The van der Waals surface area contributed by atoms with E-state index in [0.717, 1.165) is 19.4 Å². The standard InChI is InChI=1S/C14H23N3O3S/c1-3-7-16-10-9-15(2)13(18)14(16)6-8-17(11-14)21(19,20)12-4-5-12/h3,12H,1,4-11H2,2H3/t14-/m0/s1. The molecule has 0 radical (unpaired) electrons. The molecule has 0 aromatic rings. The van der Waals surface area contributed by atoms with Gasteiger partial charge in [0.05, 0.1) is 5.25 Å². The van der Waals surface area contributed by atoms with Gasteiger partial charge in [-0.25, -0.2) is 8.42 Å². The minimum absolute atomic E-state index is 0.0455. The summed E-state index contributed by atoms with van der Waals surface area (Å²) in [6.45, 7) is 6.58. The van der Waals surface area contributed by atoms with E-state index in [1.165, 1.54) is 4.31 Å². The fourth-order valence-electron chi connectivity index (χ4n) is 3.48. The first-order chi connectivity index (χ1) is 9.91. The summed E-state index contributed by atoms with van der Waals surface area (Å²) < 4.78 is 26.4. The third-order valence-electron chi connectivity index (χ3n) is 4.92. The Labute approximate surface area is 126 Å². The molecule has 1 atom stereocenters. The molecule has 3 rings (SSSR count). The second kappa shape index (κ2) is 5.07. The lowest BCUT2D eigenvalue weighted by Crippen LogP contribution is -2.66. The van der Waals surface area contributed by atoms with Crippen LogP contribution in [0.5, 0.6) is 0 Å². The molecule has 2 saturated heterocycles. The largest absolute Gasteiger partial charge is 0.343 e. The summed E-state index contributed by atoms with van der Waals surface area (Å²) in [5.74, 6) is 0.0455. The zero-order valence-corrected chi connectivity index (χ0v) is 13.3. The van der Waals surface area contributed by atoms with Crippen molar-refractivity contribution in [2.45, 2.75) is 30.1 Å². The van der Waals surface area contributed by atoms with Gasteiger partial charge in [-0.05, 0) is 19.3 Å². The van der Waals surface area contributed by atoms with Gasteiger partial charge in [0.1, 0.15) is 5.54 Å². The lowest BCUT2D eigenvalue weighted by molar-refractivity contribution is -0.148. The summed E-state index contributed by atoms with van der Waals surface area (Å²) in [5, 5.41) is -0.211. The summed E-state index contributed by atoms with van der Waals surface area (Å²) in [6, 6.07) is 0. The summed E-state index contributed by atoms with van der Waals surface area (Å²) in [5.41, 5.74) is -0.691. The topological polar surface area (TPSA) is 60.9 Å². The Morgan fingerprint density at radius 3 is 2.67 bits per heavy atom. The Bertz CT molecular complexity index is 558. The van der Waals surface area contributed by atoms with E-state index in [9.17, 15) is 13.2 Å². The third-order valence-corrected chi connectivity index (χ3v) is 7.27. The van der Waals surface area contributed by atoms with Crippen LogP contribution in [0.4, 0.5) is 0 Å². The van der Waals surface area contributed by atoms with Gasteiger partial charge in [0.2, 0.25) is 15.9 Å². The summed E-state index contributed by atoms with van der Waals surface area (Å²) in [7, 11) is -1.41. The van der Waals surface area contributed by atoms with Crippen molar-refractivity contribution in [1.82, 2.24) is 14.1 Å². The minimum Gasteiger partial charge on any atom is -0.343 e. The maximum Gasteiger partial charge on any atom is 0.244 e. The van der Waals surface area contributed by atoms with Crippen LogP contribution >= 0.6 is 0 Å². The molecule has 6 nitrogen and oxygen atoms in total. The van der Waals surface area contributed by atoms with Gasteiger partial charge in [-0.1, -0.05) is 6.08 Å². The average molecular weight is 313 g/mol. The van der Waals surface area contributed by atoms with Crippen molar-refractivity contribution in [2.24, 2.45) is 0 Å². The van der Waals surface area contributed by atoms with Gasteiger partial charge in [0, 0.05) is 39.8 Å². The van der Waals surface area contributed by atoms with Crippen LogP contribution in [0.2, 0.25) is 0 Å². The van der Waals surface area contributed by atoms with E-state index >= 15 is 0 Å². The first-order valence-corrected chi connectivity index (χ1v) is 9.02. The summed E-state index contributed by atoms with van der Waals surface area (Å²) in [4.78, 5) is 16.6. The first-order valence-electron chi connectivity index (χ1n) is 7.52. The van der Waals surface area contributed by atoms with E-state index in [4.69, 9.17) is 0 Å². The molecule has 1 aliphatic carbocycles. The smallest absolute Gasteiger partial charge is 0.244 e. The SMILES string of the molecule is C=CCN1CCN(C)C(=O)[C@@]12CCN(S(=O)(=O)C1CC1)C2. The number of piperazine rings is 1. The fraction of sp³-hybridized carbons (Fsp3) is 0.786. The average Bonchev–Trinajstić information content (AvgIpc) is 3.21. The molecule has 0 aromatic carbocycles. The van der Waals surface area contributed by atoms with E-state index in [1.54, 1.807) is 18.0 Å². The van der Waals surface area contributed by atoms with Crippen molar-refractivity contribution in [3.63, 3.8) is 0 Å². The molecule has 1 saturated carbocycles. The maximum atomic E-state index is 12.7. The van der Waals surface area contributed by atoms with Crippen molar-refractivity contribution in [3.8, 4) is 0 Å². The number of amides is 1. The minimum atomic E-state index is -3.21. The molecule has 3 aliphatic rings. The second-order valence-corrected chi connectivity index (χ2v) is 8.53. The van der Waals surface area contributed by atoms with Crippen LogP contribution in [0.15, 0.2) is 12.7 Å². The van der Waals surface area contributed by atoms with Crippen LogP contribution in [0.1, 0.15) is 19.3 Å². The highest BCUT2D eigenvalue weighted by Crippen LogP contribution is 2.38. The predicted octanol–water partition coefficient (Wildman–Crippen LogP) is -0.117. The molecule has 21 heavy (non-hydrogen) atoms. The first kappa shape index (κ1) is 15.0. The highest BCUT2D eigenvalue weighted by Gasteiger charge is 2.55. The van der Waals surface area contributed by atoms with E-state index in [-0.39, 0.29) is 11.2 Å².